The minimum Gasteiger partial charge on any atom is -0.465 e. The minimum absolute atomic E-state index is 0.0249. The molecular weight excluding hydrogens is 359 g/mol. The van der Waals surface area contributed by atoms with E-state index in [4.69, 9.17) is 11.6 Å². The lowest BCUT2D eigenvalue weighted by Gasteiger charge is -2.03. The van der Waals surface area contributed by atoms with Gasteiger partial charge in [0.25, 0.3) is 0 Å². The van der Waals surface area contributed by atoms with Crippen LogP contribution in [0.5, 0.6) is 0 Å². The highest BCUT2D eigenvalue weighted by atomic mass is 79.9. The molecule has 4 nitrogen and oxygen atoms in total. The first kappa shape index (κ1) is 14.2. The summed E-state index contributed by atoms with van der Waals surface area (Å²) < 4.78 is 18.8. The molecule has 0 fully saturated rings. The number of rotatable bonds is 3. The second kappa shape index (κ2) is 5.85. The number of ether oxygens (including phenoxy) is 1. The molecule has 0 spiro atoms. The van der Waals surface area contributed by atoms with Crippen LogP contribution in [-0.2, 0) is 4.74 Å². The average Bonchev–Trinajstić information content (AvgIpc) is 2.73. The number of hydrogen-bond donors (Lipinski definition) is 1. The molecule has 0 radical (unpaired) electrons. The quantitative estimate of drug-likeness (QED) is 0.827. The molecule has 2 aromatic rings. The van der Waals surface area contributed by atoms with E-state index < -0.39 is 11.8 Å². The lowest BCUT2D eigenvalue weighted by atomic mass is 10.3. The summed E-state index contributed by atoms with van der Waals surface area (Å²) in [7, 11) is 1.25. The summed E-state index contributed by atoms with van der Waals surface area (Å²) in [6.07, 6.45) is 0. The molecule has 0 aliphatic rings. The number of carbonyl (C=O) groups excluding carboxylic acids is 1. The molecule has 0 saturated carbocycles. The maximum atomic E-state index is 13.6. The Balaban J connectivity index is 2.26. The number of methoxy groups -OCH3 is 1. The molecule has 1 heterocycles. The number of nitrogens with zero attached hydrogens (tertiary/aromatic N) is 1. The molecule has 100 valence electrons. The van der Waals surface area contributed by atoms with E-state index in [9.17, 15) is 9.18 Å². The lowest BCUT2D eigenvalue weighted by Crippen LogP contribution is -1.98. The van der Waals surface area contributed by atoms with E-state index in [1.165, 1.54) is 13.2 Å². The van der Waals surface area contributed by atoms with Crippen molar-refractivity contribution < 1.29 is 13.9 Å². The number of carbonyl (C=O) groups is 1. The topological polar surface area (TPSA) is 51.2 Å². The van der Waals surface area contributed by atoms with Crippen molar-refractivity contribution in [2.24, 2.45) is 0 Å². The molecule has 0 unspecified atom stereocenters. The van der Waals surface area contributed by atoms with Crippen LogP contribution in [0.1, 0.15) is 9.67 Å². The van der Waals surface area contributed by atoms with Crippen molar-refractivity contribution in [3.05, 3.63) is 38.5 Å². The Bertz CT molecular complexity index is 635. The molecular formula is C11H7BrClFN2O2S. The van der Waals surface area contributed by atoms with Crippen LogP contribution < -0.4 is 5.32 Å². The Morgan fingerprint density at radius 1 is 1.58 bits per heavy atom. The SMILES string of the molecule is COC(=O)c1sc(Nc2ccc(Br)cc2F)nc1Cl. The van der Waals surface area contributed by atoms with Crippen LogP contribution in [0.15, 0.2) is 22.7 Å². The third-order valence-corrected chi connectivity index (χ3v) is 3.96. The fourth-order valence-corrected chi connectivity index (χ4v) is 2.73. The highest BCUT2D eigenvalue weighted by Gasteiger charge is 2.17. The van der Waals surface area contributed by atoms with Gasteiger partial charge in [0.05, 0.1) is 12.8 Å². The molecule has 0 aliphatic heterocycles. The Labute approximate surface area is 125 Å². The van der Waals surface area contributed by atoms with Crippen LogP contribution in [-0.4, -0.2) is 18.1 Å². The molecule has 0 amide bonds. The summed E-state index contributed by atoms with van der Waals surface area (Å²) in [6.45, 7) is 0. The van der Waals surface area contributed by atoms with Crippen LogP contribution >= 0.6 is 38.9 Å². The second-order valence-corrected chi connectivity index (χ2v) is 5.65. The number of halogens is 3. The standard InChI is InChI=1S/C11H7BrClFN2O2S/c1-18-10(17)8-9(13)16-11(19-8)15-7-3-2-5(12)4-6(7)14/h2-4H,1H3,(H,15,16). The van der Waals surface area contributed by atoms with E-state index >= 15 is 0 Å². The lowest BCUT2D eigenvalue weighted by molar-refractivity contribution is 0.0606. The third kappa shape index (κ3) is 3.23. The van der Waals surface area contributed by atoms with E-state index in [-0.39, 0.29) is 15.7 Å². The smallest absolute Gasteiger partial charge is 0.351 e. The van der Waals surface area contributed by atoms with E-state index in [1.807, 2.05) is 0 Å². The van der Waals surface area contributed by atoms with E-state index in [0.29, 0.717) is 9.60 Å². The zero-order valence-electron chi connectivity index (χ0n) is 9.54. The maximum absolute atomic E-state index is 13.6. The molecule has 1 N–H and O–H groups in total. The van der Waals surface area contributed by atoms with E-state index in [2.05, 4.69) is 31.0 Å². The first-order valence-electron chi connectivity index (χ1n) is 4.98. The fourth-order valence-electron chi connectivity index (χ4n) is 1.28. The van der Waals surface area contributed by atoms with Crippen LogP contribution in [0, 0.1) is 5.82 Å². The Kier molecular flexibility index (Phi) is 4.38. The van der Waals surface area contributed by atoms with Crippen LogP contribution in [0.2, 0.25) is 5.15 Å². The third-order valence-electron chi connectivity index (χ3n) is 2.13. The highest BCUT2D eigenvalue weighted by Crippen LogP contribution is 2.31. The summed E-state index contributed by atoms with van der Waals surface area (Å²) in [4.78, 5) is 15.5. The van der Waals surface area contributed by atoms with Crippen molar-refractivity contribution in [1.82, 2.24) is 4.98 Å². The zero-order valence-corrected chi connectivity index (χ0v) is 12.7. The Morgan fingerprint density at radius 2 is 2.32 bits per heavy atom. The summed E-state index contributed by atoms with van der Waals surface area (Å²) in [5.74, 6) is -1.02. The largest absolute Gasteiger partial charge is 0.465 e. The first-order valence-corrected chi connectivity index (χ1v) is 6.96. The van der Waals surface area contributed by atoms with Crippen LogP contribution in [0.25, 0.3) is 0 Å². The van der Waals surface area contributed by atoms with Crippen LogP contribution in [0.4, 0.5) is 15.2 Å². The number of anilines is 2. The van der Waals surface area contributed by atoms with Gasteiger partial charge in [0, 0.05) is 4.47 Å². The molecule has 8 heteroatoms. The van der Waals surface area contributed by atoms with Gasteiger partial charge in [-0.2, -0.15) is 0 Å². The van der Waals surface area contributed by atoms with Gasteiger partial charge in [-0.25, -0.2) is 14.2 Å². The number of aromatic nitrogens is 1. The molecule has 0 saturated heterocycles. The average molecular weight is 366 g/mol. The summed E-state index contributed by atoms with van der Waals surface area (Å²) in [6, 6.07) is 4.55. The molecule has 0 atom stereocenters. The van der Waals surface area contributed by atoms with Crippen molar-refractivity contribution >= 4 is 55.7 Å². The first-order chi connectivity index (χ1) is 9.01. The predicted molar refractivity (Wildman–Crippen MR) is 75.8 cm³/mol. The molecule has 1 aromatic heterocycles. The Hall–Kier alpha value is -1.18. The van der Waals surface area contributed by atoms with Gasteiger partial charge in [-0.15, -0.1) is 0 Å². The normalized spacial score (nSPS) is 10.3. The van der Waals surface area contributed by atoms with Gasteiger partial charge in [0.1, 0.15) is 5.82 Å². The second-order valence-electron chi connectivity index (χ2n) is 3.38. The predicted octanol–water partition coefficient (Wildman–Crippen LogP) is 4.23. The van der Waals surface area contributed by atoms with Gasteiger partial charge in [-0.3, -0.25) is 0 Å². The van der Waals surface area contributed by atoms with Gasteiger partial charge in [-0.05, 0) is 18.2 Å². The highest BCUT2D eigenvalue weighted by molar-refractivity contribution is 9.10. The molecule has 2 rings (SSSR count). The van der Waals surface area contributed by atoms with E-state index in [1.54, 1.807) is 12.1 Å². The number of hydrogen-bond acceptors (Lipinski definition) is 5. The van der Waals surface area contributed by atoms with Gasteiger partial charge in [0.15, 0.2) is 15.2 Å². The molecule has 1 aromatic carbocycles. The molecule has 19 heavy (non-hydrogen) atoms. The number of benzene rings is 1. The van der Waals surface area contributed by atoms with Gasteiger partial charge in [-0.1, -0.05) is 38.9 Å². The number of thiazole rings is 1. The number of esters is 1. The van der Waals surface area contributed by atoms with Gasteiger partial charge >= 0.3 is 5.97 Å². The molecule has 0 aliphatic carbocycles. The summed E-state index contributed by atoms with van der Waals surface area (Å²) in [5, 5.41) is 3.10. The summed E-state index contributed by atoms with van der Waals surface area (Å²) in [5.41, 5.74) is 0.241. The van der Waals surface area contributed by atoms with Crippen molar-refractivity contribution in [2.45, 2.75) is 0 Å². The monoisotopic (exact) mass is 364 g/mol. The van der Waals surface area contributed by atoms with Gasteiger partial charge < -0.3 is 10.1 Å². The van der Waals surface area contributed by atoms with Crippen molar-refractivity contribution in [1.29, 1.82) is 0 Å². The minimum atomic E-state index is -0.577. The maximum Gasteiger partial charge on any atom is 0.351 e. The molecule has 0 bridgehead atoms. The fraction of sp³-hybridized carbons (Fsp3) is 0.0909. The zero-order chi connectivity index (χ0) is 14.0. The van der Waals surface area contributed by atoms with Crippen molar-refractivity contribution in [3.8, 4) is 0 Å². The van der Waals surface area contributed by atoms with Crippen molar-refractivity contribution in [2.75, 3.05) is 12.4 Å². The van der Waals surface area contributed by atoms with E-state index in [0.717, 1.165) is 11.3 Å². The Morgan fingerprint density at radius 3 is 2.95 bits per heavy atom. The van der Waals surface area contributed by atoms with Crippen LogP contribution in [0.3, 0.4) is 0 Å². The van der Waals surface area contributed by atoms with Crippen molar-refractivity contribution in [3.63, 3.8) is 0 Å². The van der Waals surface area contributed by atoms with Gasteiger partial charge in [0.2, 0.25) is 0 Å². The summed E-state index contributed by atoms with van der Waals surface area (Å²) >= 11 is 9.96. The number of nitrogens with one attached hydrogen (secondary N) is 1.